The lowest BCUT2D eigenvalue weighted by atomic mass is 10.2. The van der Waals surface area contributed by atoms with E-state index >= 15 is 0 Å². The van der Waals surface area contributed by atoms with Crippen LogP contribution in [0.2, 0.25) is 5.02 Å². The summed E-state index contributed by atoms with van der Waals surface area (Å²) in [5, 5.41) is 15.2. The fourth-order valence-electron chi connectivity index (χ4n) is 1.99. The summed E-state index contributed by atoms with van der Waals surface area (Å²) in [6.07, 6.45) is 0. The number of nitrogens with zero attached hydrogens (tertiary/aromatic N) is 4. The van der Waals surface area contributed by atoms with Gasteiger partial charge in [0.1, 0.15) is 11.6 Å². The van der Waals surface area contributed by atoms with E-state index in [-0.39, 0.29) is 24.0 Å². The number of hydrogen-bond acceptors (Lipinski definition) is 4. The van der Waals surface area contributed by atoms with E-state index in [9.17, 15) is 0 Å². The lowest BCUT2D eigenvalue weighted by Gasteiger charge is -2.12. The molecule has 0 fully saturated rings. The van der Waals surface area contributed by atoms with Crippen molar-refractivity contribution >= 4 is 41.5 Å². The molecule has 0 bridgehead atoms. The molecule has 24 heavy (non-hydrogen) atoms. The summed E-state index contributed by atoms with van der Waals surface area (Å²) in [6.45, 7) is 3.05. The molecule has 1 aromatic heterocycles. The van der Waals surface area contributed by atoms with Crippen molar-refractivity contribution in [2.24, 2.45) is 12.0 Å². The number of benzene rings is 1. The Morgan fingerprint density at radius 3 is 2.54 bits per heavy atom. The predicted octanol–water partition coefficient (Wildman–Crippen LogP) is 2.27. The molecule has 2 rings (SSSR count). The zero-order chi connectivity index (χ0) is 16.8. The van der Waals surface area contributed by atoms with Crippen molar-refractivity contribution in [1.29, 1.82) is 0 Å². The van der Waals surface area contributed by atoms with E-state index in [1.807, 2.05) is 36.7 Å². The number of aliphatic imine (C=N–C) groups is 1. The molecule has 0 unspecified atom stereocenters. The standard InChI is InChI=1S/C15H21ClN6O.HI/c1-10-20-21-14(22(10)3)9-19-15(17-2)18-8-11-5-6-13(23-4)12(16)7-11;/h5-7H,8-9H2,1-4H3,(H2,17,18,19);1H. The third kappa shape index (κ3) is 5.23. The van der Waals surface area contributed by atoms with Gasteiger partial charge in [0.05, 0.1) is 18.7 Å². The topological polar surface area (TPSA) is 76.4 Å². The Morgan fingerprint density at radius 2 is 2.00 bits per heavy atom. The van der Waals surface area contributed by atoms with Gasteiger partial charge in [0, 0.05) is 20.6 Å². The van der Waals surface area contributed by atoms with E-state index in [1.165, 1.54) is 0 Å². The van der Waals surface area contributed by atoms with Crippen LogP contribution >= 0.6 is 35.6 Å². The molecule has 0 amide bonds. The van der Waals surface area contributed by atoms with Crippen LogP contribution in [0.4, 0.5) is 0 Å². The van der Waals surface area contributed by atoms with Gasteiger partial charge in [-0.2, -0.15) is 0 Å². The first-order valence-corrected chi connectivity index (χ1v) is 7.54. The van der Waals surface area contributed by atoms with Crippen molar-refractivity contribution in [2.75, 3.05) is 14.2 Å². The van der Waals surface area contributed by atoms with Gasteiger partial charge in [0.25, 0.3) is 0 Å². The SMILES string of the molecule is CN=C(NCc1ccc(OC)c(Cl)c1)NCc1nnc(C)n1C.I. The molecule has 0 saturated heterocycles. The van der Waals surface area contributed by atoms with E-state index in [0.29, 0.717) is 29.8 Å². The van der Waals surface area contributed by atoms with E-state index in [4.69, 9.17) is 16.3 Å². The summed E-state index contributed by atoms with van der Waals surface area (Å²) in [5.74, 6) is 3.06. The third-order valence-electron chi connectivity index (χ3n) is 3.50. The molecule has 2 N–H and O–H groups in total. The lowest BCUT2D eigenvalue weighted by molar-refractivity contribution is 0.415. The van der Waals surface area contributed by atoms with Gasteiger partial charge in [-0.05, 0) is 24.6 Å². The fraction of sp³-hybridized carbons (Fsp3) is 0.400. The van der Waals surface area contributed by atoms with Crippen LogP contribution in [-0.2, 0) is 20.1 Å². The van der Waals surface area contributed by atoms with Gasteiger partial charge in [-0.3, -0.25) is 4.99 Å². The quantitative estimate of drug-likeness (QED) is 0.403. The maximum absolute atomic E-state index is 6.12. The van der Waals surface area contributed by atoms with Crippen molar-refractivity contribution in [1.82, 2.24) is 25.4 Å². The molecule has 2 aromatic rings. The predicted molar refractivity (Wildman–Crippen MR) is 106 cm³/mol. The molecule has 0 radical (unpaired) electrons. The van der Waals surface area contributed by atoms with Crippen LogP contribution in [-0.4, -0.2) is 34.9 Å². The zero-order valence-corrected chi connectivity index (χ0v) is 17.2. The average Bonchev–Trinajstić information content (AvgIpc) is 2.87. The van der Waals surface area contributed by atoms with Crippen molar-refractivity contribution in [3.05, 3.63) is 40.4 Å². The van der Waals surface area contributed by atoms with Crippen molar-refractivity contribution in [3.8, 4) is 5.75 Å². The van der Waals surface area contributed by atoms with Gasteiger partial charge >= 0.3 is 0 Å². The number of guanidine groups is 1. The second-order valence-electron chi connectivity index (χ2n) is 4.97. The summed E-state index contributed by atoms with van der Waals surface area (Å²) >= 11 is 6.12. The number of nitrogens with one attached hydrogen (secondary N) is 2. The molecule has 0 aliphatic heterocycles. The molecule has 7 nitrogen and oxygen atoms in total. The van der Waals surface area contributed by atoms with E-state index < -0.39 is 0 Å². The van der Waals surface area contributed by atoms with Gasteiger partial charge in [0.15, 0.2) is 11.8 Å². The van der Waals surface area contributed by atoms with Gasteiger partial charge in [-0.25, -0.2) is 0 Å². The van der Waals surface area contributed by atoms with Crippen molar-refractivity contribution in [3.63, 3.8) is 0 Å². The molecular formula is C15H22ClIN6O. The second kappa shape index (κ2) is 9.67. The Labute approximate surface area is 163 Å². The summed E-state index contributed by atoms with van der Waals surface area (Å²) in [5.41, 5.74) is 1.04. The van der Waals surface area contributed by atoms with Crippen LogP contribution in [0.1, 0.15) is 17.2 Å². The Bertz CT molecular complexity index is 703. The minimum Gasteiger partial charge on any atom is -0.495 e. The van der Waals surface area contributed by atoms with Gasteiger partial charge in [-0.1, -0.05) is 17.7 Å². The highest BCUT2D eigenvalue weighted by molar-refractivity contribution is 14.0. The van der Waals surface area contributed by atoms with E-state index in [0.717, 1.165) is 17.2 Å². The Morgan fingerprint density at radius 1 is 1.29 bits per heavy atom. The highest BCUT2D eigenvalue weighted by atomic mass is 127. The van der Waals surface area contributed by atoms with Gasteiger partial charge in [0.2, 0.25) is 0 Å². The number of hydrogen-bond donors (Lipinski definition) is 2. The van der Waals surface area contributed by atoms with Gasteiger partial charge in [-0.15, -0.1) is 34.2 Å². The number of aryl methyl sites for hydroxylation is 1. The normalized spacial score (nSPS) is 11.0. The number of rotatable bonds is 5. The molecule has 1 aromatic carbocycles. The van der Waals surface area contributed by atoms with Gasteiger partial charge < -0.3 is 19.9 Å². The van der Waals surface area contributed by atoms with E-state index in [2.05, 4.69) is 25.8 Å². The van der Waals surface area contributed by atoms with Crippen LogP contribution in [0.3, 0.4) is 0 Å². The average molecular weight is 465 g/mol. The smallest absolute Gasteiger partial charge is 0.191 e. The van der Waals surface area contributed by atoms with E-state index in [1.54, 1.807) is 14.2 Å². The van der Waals surface area contributed by atoms with Crippen molar-refractivity contribution in [2.45, 2.75) is 20.0 Å². The summed E-state index contributed by atoms with van der Waals surface area (Å²) in [6, 6.07) is 5.67. The first-order chi connectivity index (χ1) is 11.0. The highest BCUT2D eigenvalue weighted by Gasteiger charge is 2.06. The second-order valence-corrected chi connectivity index (χ2v) is 5.38. The Balaban J connectivity index is 0.00000288. The Kier molecular flexibility index (Phi) is 8.26. The summed E-state index contributed by atoms with van der Waals surface area (Å²) < 4.78 is 7.08. The monoisotopic (exact) mass is 464 g/mol. The van der Waals surface area contributed by atoms with Crippen LogP contribution in [0.5, 0.6) is 5.75 Å². The summed E-state index contributed by atoms with van der Waals surface area (Å²) in [7, 11) is 5.25. The largest absolute Gasteiger partial charge is 0.495 e. The van der Waals surface area contributed by atoms with Crippen molar-refractivity contribution < 1.29 is 4.74 Å². The maximum atomic E-state index is 6.12. The first kappa shape index (κ1) is 20.5. The lowest BCUT2D eigenvalue weighted by Crippen LogP contribution is -2.36. The minimum atomic E-state index is 0. The highest BCUT2D eigenvalue weighted by Crippen LogP contribution is 2.24. The van der Waals surface area contributed by atoms with Crippen LogP contribution in [0.15, 0.2) is 23.2 Å². The maximum Gasteiger partial charge on any atom is 0.191 e. The number of ether oxygens (including phenoxy) is 1. The molecule has 9 heteroatoms. The molecule has 0 spiro atoms. The minimum absolute atomic E-state index is 0. The molecule has 0 saturated carbocycles. The number of halogens is 2. The van der Waals surface area contributed by atoms with Crippen LogP contribution in [0, 0.1) is 6.92 Å². The molecular weight excluding hydrogens is 443 g/mol. The van der Waals surface area contributed by atoms with Crippen LogP contribution in [0.25, 0.3) is 0 Å². The molecule has 0 aliphatic rings. The zero-order valence-electron chi connectivity index (χ0n) is 14.1. The Hall–Kier alpha value is -1.55. The fourth-order valence-corrected chi connectivity index (χ4v) is 2.27. The molecule has 0 aliphatic carbocycles. The third-order valence-corrected chi connectivity index (χ3v) is 3.79. The summed E-state index contributed by atoms with van der Waals surface area (Å²) in [4.78, 5) is 4.19. The molecule has 0 atom stereocenters. The number of methoxy groups -OCH3 is 1. The number of aromatic nitrogens is 3. The molecule has 132 valence electrons. The first-order valence-electron chi connectivity index (χ1n) is 7.17. The molecule has 1 heterocycles. The van der Waals surface area contributed by atoms with Crippen LogP contribution < -0.4 is 15.4 Å².